The van der Waals surface area contributed by atoms with Crippen molar-refractivity contribution in [2.75, 3.05) is 26.4 Å². The first-order valence-electron chi connectivity index (χ1n) is 6.10. The van der Waals surface area contributed by atoms with Gasteiger partial charge in [-0.1, -0.05) is 6.07 Å². The molecule has 0 bridgehead atoms. The normalized spacial score (nSPS) is 15.6. The Morgan fingerprint density at radius 2 is 1.95 bits per heavy atom. The Morgan fingerprint density at radius 1 is 1.21 bits per heavy atom. The lowest BCUT2D eigenvalue weighted by atomic mass is 10.1. The van der Waals surface area contributed by atoms with Crippen LogP contribution in [0.25, 0.3) is 0 Å². The molecule has 106 valence electrons. The topological polar surface area (TPSA) is 47.9 Å². The first-order chi connectivity index (χ1) is 9.16. The van der Waals surface area contributed by atoms with Crippen LogP contribution in [-0.4, -0.2) is 38.0 Å². The predicted molar refractivity (Wildman–Crippen MR) is 63.8 cm³/mol. The standard InChI is InChI=1S/C13H16F2O4/c14-13(15)8-17-4-3-10(16)9-1-2-11-12(7-9)19-6-5-18-11/h1-2,7,10,13,16H,3-6,8H2. The predicted octanol–water partition coefficient (Wildman–Crippen LogP) is 2.16. The van der Waals surface area contributed by atoms with Gasteiger partial charge in [-0.2, -0.15) is 0 Å². The van der Waals surface area contributed by atoms with Gasteiger partial charge in [0.1, 0.15) is 19.8 Å². The monoisotopic (exact) mass is 274 g/mol. The lowest BCUT2D eigenvalue weighted by molar-refractivity contribution is 0.00477. The number of aliphatic hydroxyl groups is 1. The van der Waals surface area contributed by atoms with Crippen molar-refractivity contribution in [3.63, 3.8) is 0 Å². The Bertz CT molecular complexity index is 412. The highest BCUT2D eigenvalue weighted by atomic mass is 19.3. The van der Waals surface area contributed by atoms with Crippen LogP contribution < -0.4 is 9.47 Å². The maximum absolute atomic E-state index is 11.9. The minimum atomic E-state index is -2.48. The summed E-state index contributed by atoms with van der Waals surface area (Å²) in [4.78, 5) is 0. The fraction of sp³-hybridized carbons (Fsp3) is 0.538. The van der Waals surface area contributed by atoms with Gasteiger partial charge in [0, 0.05) is 13.0 Å². The fourth-order valence-electron chi connectivity index (χ4n) is 1.80. The Labute approximate surface area is 109 Å². The van der Waals surface area contributed by atoms with Crippen molar-refractivity contribution in [2.45, 2.75) is 19.0 Å². The summed E-state index contributed by atoms with van der Waals surface area (Å²) in [5.41, 5.74) is 0.657. The molecular weight excluding hydrogens is 258 g/mol. The third-order valence-electron chi connectivity index (χ3n) is 2.73. The molecule has 0 radical (unpaired) electrons. The molecule has 1 N–H and O–H groups in total. The van der Waals surface area contributed by atoms with Crippen molar-refractivity contribution < 1.29 is 28.1 Å². The average molecular weight is 274 g/mol. The van der Waals surface area contributed by atoms with Gasteiger partial charge >= 0.3 is 0 Å². The van der Waals surface area contributed by atoms with Crippen LogP contribution in [0.5, 0.6) is 11.5 Å². The molecular formula is C13H16F2O4. The van der Waals surface area contributed by atoms with Gasteiger partial charge in [0.15, 0.2) is 11.5 Å². The molecule has 4 nitrogen and oxygen atoms in total. The van der Waals surface area contributed by atoms with Crippen LogP contribution in [0.1, 0.15) is 18.1 Å². The van der Waals surface area contributed by atoms with E-state index in [9.17, 15) is 13.9 Å². The summed E-state index contributed by atoms with van der Waals surface area (Å²) in [6, 6.07) is 5.16. The van der Waals surface area contributed by atoms with Crippen LogP contribution in [0.15, 0.2) is 18.2 Å². The molecule has 2 rings (SSSR count). The molecule has 6 heteroatoms. The molecule has 0 aliphatic carbocycles. The Hall–Kier alpha value is -1.40. The number of ether oxygens (including phenoxy) is 3. The molecule has 0 spiro atoms. The lowest BCUT2D eigenvalue weighted by Crippen LogP contribution is -2.15. The molecule has 0 amide bonds. The van der Waals surface area contributed by atoms with Gasteiger partial charge < -0.3 is 19.3 Å². The number of hydrogen-bond acceptors (Lipinski definition) is 4. The van der Waals surface area contributed by atoms with Gasteiger partial charge in [0.05, 0.1) is 6.10 Å². The maximum atomic E-state index is 11.9. The van der Waals surface area contributed by atoms with E-state index in [1.165, 1.54) is 0 Å². The van der Waals surface area contributed by atoms with Gasteiger partial charge in [-0.25, -0.2) is 8.78 Å². The molecule has 19 heavy (non-hydrogen) atoms. The second-order valence-corrected chi connectivity index (χ2v) is 4.17. The number of hydrogen-bond donors (Lipinski definition) is 1. The Kier molecular flexibility index (Phi) is 4.93. The van der Waals surface area contributed by atoms with E-state index in [1.807, 2.05) is 0 Å². The molecule has 0 aromatic heterocycles. The van der Waals surface area contributed by atoms with E-state index in [4.69, 9.17) is 14.2 Å². The molecule has 1 aliphatic rings. The minimum absolute atomic E-state index is 0.0833. The summed E-state index contributed by atoms with van der Waals surface area (Å²) in [6.07, 6.45) is -2.99. The highest BCUT2D eigenvalue weighted by Crippen LogP contribution is 2.33. The maximum Gasteiger partial charge on any atom is 0.261 e. The number of fused-ring (bicyclic) bond motifs is 1. The summed E-state index contributed by atoms with van der Waals surface area (Å²) in [6.45, 7) is 0.466. The van der Waals surface area contributed by atoms with Gasteiger partial charge in [0.2, 0.25) is 0 Å². The zero-order valence-electron chi connectivity index (χ0n) is 10.4. The number of alkyl halides is 2. The first-order valence-corrected chi connectivity index (χ1v) is 6.10. The summed E-state index contributed by atoms with van der Waals surface area (Å²) < 4.78 is 39.2. The van der Waals surface area contributed by atoms with Crippen molar-refractivity contribution in [1.82, 2.24) is 0 Å². The van der Waals surface area contributed by atoms with Crippen molar-refractivity contribution >= 4 is 0 Å². The Balaban J connectivity index is 1.86. The third-order valence-corrected chi connectivity index (χ3v) is 2.73. The minimum Gasteiger partial charge on any atom is -0.486 e. The van der Waals surface area contributed by atoms with Gasteiger partial charge in [-0.3, -0.25) is 0 Å². The number of benzene rings is 1. The second kappa shape index (κ2) is 6.68. The van der Waals surface area contributed by atoms with Crippen LogP contribution in [0, 0.1) is 0 Å². The van der Waals surface area contributed by atoms with E-state index < -0.39 is 19.1 Å². The van der Waals surface area contributed by atoms with E-state index in [2.05, 4.69) is 0 Å². The number of halogens is 2. The fourth-order valence-corrected chi connectivity index (χ4v) is 1.80. The van der Waals surface area contributed by atoms with Crippen molar-refractivity contribution in [1.29, 1.82) is 0 Å². The SMILES string of the molecule is OC(CCOCC(F)F)c1ccc2c(c1)OCCO2. The molecule has 1 aromatic rings. The Morgan fingerprint density at radius 3 is 2.68 bits per heavy atom. The smallest absolute Gasteiger partial charge is 0.261 e. The molecule has 1 aliphatic heterocycles. The number of rotatable bonds is 6. The first kappa shape index (κ1) is 14.0. The van der Waals surface area contributed by atoms with Gasteiger partial charge in [0.25, 0.3) is 6.43 Å². The van der Waals surface area contributed by atoms with Crippen molar-refractivity contribution in [3.05, 3.63) is 23.8 Å². The van der Waals surface area contributed by atoms with Crippen molar-refractivity contribution in [3.8, 4) is 11.5 Å². The van der Waals surface area contributed by atoms with Crippen LogP contribution in [0.2, 0.25) is 0 Å². The van der Waals surface area contributed by atoms with Gasteiger partial charge in [-0.15, -0.1) is 0 Å². The quantitative estimate of drug-likeness (QED) is 0.808. The highest BCUT2D eigenvalue weighted by molar-refractivity contribution is 5.44. The molecule has 1 atom stereocenters. The number of aliphatic hydroxyl groups excluding tert-OH is 1. The van der Waals surface area contributed by atoms with Crippen LogP contribution >= 0.6 is 0 Å². The van der Waals surface area contributed by atoms with E-state index >= 15 is 0 Å². The summed E-state index contributed by atoms with van der Waals surface area (Å²) >= 11 is 0. The summed E-state index contributed by atoms with van der Waals surface area (Å²) in [7, 11) is 0. The molecule has 0 fully saturated rings. The average Bonchev–Trinajstić information content (AvgIpc) is 2.42. The molecule has 1 heterocycles. The second-order valence-electron chi connectivity index (χ2n) is 4.17. The van der Waals surface area contributed by atoms with Crippen molar-refractivity contribution in [2.24, 2.45) is 0 Å². The molecule has 0 saturated carbocycles. The molecule has 1 unspecified atom stereocenters. The molecule has 1 aromatic carbocycles. The summed E-state index contributed by atoms with van der Waals surface area (Å²) in [5.74, 6) is 1.24. The van der Waals surface area contributed by atoms with E-state index in [0.29, 0.717) is 30.3 Å². The van der Waals surface area contributed by atoms with Crippen LogP contribution in [0.4, 0.5) is 8.78 Å². The van der Waals surface area contributed by atoms with E-state index in [1.54, 1.807) is 18.2 Å². The largest absolute Gasteiger partial charge is 0.486 e. The molecule has 0 saturated heterocycles. The van der Waals surface area contributed by atoms with Crippen LogP contribution in [0.3, 0.4) is 0 Å². The summed E-state index contributed by atoms with van der Waals surface area (Å²) in [5, 5.41) is 9.92. The van der Waals surface area contributed by atoms with E-state index in [0.717, 1.165) is 0 Å². The highest BCUT2D eigenvalue weighted by Gasteiger charge is 2.15. The zero-order chi connectivity index (χ0) is 13.7. The van der Waals surface area contributed by atoms with Crippen LogP contribution in [-0.2, 0) is 4.74 Å². The van der Waals surface area contributed by atoms with Gasteiger partial charge in [-0.05, 0) is 17.7 Å². The van der Waals surface area contributed by atoms with E-state index in [-0.39, 0.29) is 13.0 Å². The lowest BCUT2D eigenvalue weighted by Gasteiger charge is -2.20. The zero-order valence-corrected chi connectivity index (χ0v) is 10.4. The third kappa shape index (κ3) is 4.04.